The molecule has 0 N–H and O–H groups in total. The third-order valence-electron chi connectivity index (χ3n) is 6.60. The lowest BCUT2D eigenvalue weighted by Crippen LogP contribution is -2.44. The second-order valence-corrected chi connectivity index (χ2v) is 10.3. The molecule has 3 aromatic rings. The lowest BCUT2D eigenvalue weighted by Gasteiger charge is -2.35. The Labute approximate surface area is 212 Å². The highest BCUT2D eigenvalue weighted by Crippen LogP contribution is 2.38. The van der Waals surface area contributed by atoms with Gasteiger partial charge >= 0.3 is 5.56 Å². The molecule has 0 radical (unpaired) electrons. The Kier molecular flexibility index (Phi) is 7.15. The highest BCUT2D eigenvalue weighted by molar-refractivity contribution is 7.97. The molecular weight excluding hydrogens is 486 g/mol. The summed E-state index contributed by atoms with van der Waals surface area (Å²) in [5.41, 5.74) is 0.103. The first-order valence-electron chi connectivity index (χ1n) is 11.9. The maximum atomic E-state index is 13.8. The Hall–Kier alpha value is -3.11. The monoisotopic (exact) mass is 514 g/mol. The summed E-state index contributed by atoms with van der Waals surface area (Å²) in [4.78, 5) is 16.6. The van der Waals surface area contributed by atoms with Crippen LogP contribution in [0.15, 0.2) is 58.4 Å². The summed E-state index contributed by atoms with van der Waals surface area (Å²) in [7, 11) is 1.65. The van der Waals surface area contributed by atoms with Crippen molar-refractivity contribution in [2.75, 3.05) is 44.8 Å². The van der Waals surface area contributed by atoms with Crippen molar-refractivity contribution in [1.82, 2.24) is 14.1 Å². The average molecular weight is 515 g/mol. The summed E-state index contributed by atoms with van der Waals surface area (Å²) in [5, 5.41) is 4.25. The second-order valence-electron chi connectivity index (χ2n) is 9.17. The Balaban J connectivity index is 1.35. The van der Waals surface area contributed by atoms with Crippen molar-refractivity contribution in [2.45, 2.75) is 18.2 Å². The summed E-state index contributed by atoms with van der Waals surface area (Å²) in [5.74, 6) is 0.409. The van der Waals surface area contributed by atoms with Crippen LogP contribution in [0.5, 0.6) is 11.5 Å². The Morgan fingerprint density at radius 2 is 1.72 bits per heavy atom. The van der Waals surface area contributed by atoms with Crippen LogP contribution in [0.4, 0.5) is 14.5 Å². The molecule has 190 valence electrons. The Morgan fingerprint density at radius 1 is 1.06 bits per heavy atom. The number of nitrogens with zero attached hydrogens (tertiary/aromatic N) is 4. The van der Waals surface area contributed by atoms with E-state index in [1.165, 1.54) is 0 Å². The van der Waals surface area contributed by atoms with E-state index in [0.717, 1.165) is 53.0 Å². The SMILES string of the molecule is COc1ccc(SN2CCN(c3cnn(-c4cc(F)cc(F)c4)c(=O)c3OCC3CC3C)CC2)cc1. The molecular formula is C26H28F2N4O3S. The van der Waals surface area contributed by atoms with E-state index < -0.39 is 17.2 Å². The Bertz CT molecular complexity index is 1260. The number of aromatic nitrogens is 2. The number of ether oxygens (including phenoxy) is 2. The first-order valence-corrected chi connectivity index (χ1v) is 12.7. The van der Waals surface area contributed by atoms with Gasteiger partial charge < -0.3 is 14.4 Å². The smallest absolute Gasteiger partial charge is 0.316 e. The number of halogens is 2. The van der Waals surface area contributed by atoms with Gasteiger partial charge in [0.05, 0.1) is 25.6 Å². The third-order valence-corrected chi connectivity index (χ3v) is 7.70. The minimum Gasteiger partial charge on any atom is -0.497 e. The lowest BCUT2D eigenvalue weighted by atomic mass is 10.2. The molecule has 2 aliphatic rings. The highest BCUT2D eigenvalue weighted by atomic mass is 32.2. The zero-order valence-electron chi connectivity index (χ0n) is 20.2. The number of rotatable bonds is 8. The number of anilines is 1. The second kappa shape index (κ2) is 10.5. The zero-order chi connectivity index (χ0) is 25.2. The maximum absolute atomic E-state index is 13.8. The fraction of sp³-hybridized carbons (Fsp3) is 0.385. The van der Waals surface area contributed by atoms with Crippen LogP contribution in [0.1, 0.15) is 13.3 Å². The van der Waals surface area contributed by atoms with Gasteiger partial charge in [0.15, 0.2) is 0 Å². The van der Waals surface area contributed by atoms with Crippen LogP contribution in [-0.2, 0) is 0 Å². The molecule has 36 heavy (non-hydrogen) atoms. The van der Waals surface area contributed by atoms with Gasteiger partial charge in [0, 0.05) is 37.1 Å². The fourth-order valence-corrected chi connectivity index (χ4v) is 5.17. The third kappa shape index (κ3) is 5.49. The van der Waals surface area contributed by atoms with E-state index >= 15 is 0 Å². The van der Waals surface area contributed by atoms with Crippen LogP contribution in [0.3, 0.4) is 0 Å². The first kappa shape index (κ1) is 24.6. The van der Waals surface area contributed by atoms with Gasteiger partial charge in [-0.2, -0.15) is 9.78 Å². The summed E-state index contributed by atoms with van der Waals surface area (Å²) in [6, 6.07) is 10.9. The van der Waals surface area contributed by atoms with E-state index in [2.05, 4.69) is 21.2 Å². The van der Waals surface area contributed by atoms with E-state index in [-0.39, 0.29) is 11.4 Å². The standard InChI is InChI=1S/C26H28F2N4O3S/c1-17-11-18(17)16-35-25-24(15-29-32(26(25)33)21-13-19(27)12-20(28)14-21)30-7-9-31(10-8-30)36-23-5-3-22(34-2)4-6-23/h3-6,12-15,17-18H,7-11,16H2,1-2H3. The molecule has 0 bridgehead atoms. The topological polar surface area (TPSA) is 59.8 Å². The average Bonchev–Trinajstić information content (AvgIpc) is 3.58. The molecule has 2 atom stereocenters. The fourth-order valence-electron chi connectivity index (χ4n) is 4.26. The van der Waals surface area contributed by atoms with E-state index in [4.69, 9.17) is 9.47 Å². The molecule has 7 nitrogen and oxygen atoms in total. The Morgan fingerprint density at radius 3 is 2.33 bits per heavy atom. The molecule has 2 fully saturated rings. The molecule has 1 aliphatic heterocycles. The molecule has 2 heterocycles. The van der Waals surface area contributed by atoms with E-state index in [9.17, 15) is 13.6 Å². The molecule has 0 spiro atoms. The molecule has 2 unspecified atom stereocenters. The summed E-state index contributed by atoms with van der Waals surface area (Å²) in [6.45, 7) is 5.48. The van der Waals surface area contributed by atoms with Crippen molar-refractivity contribution in [3.8, 4) is 17.2 Å². The van der Waals surface area contributed by atoms with Crippen molar-refractivity contribution in [3.63, 3.8) is 0 Å². The van der Waals surface area contributed by atoms with Gasteiger partial charge in [0.2, 0.25) is 5.75 Å². The lowest BCUT2D eigenvalue weighted by molar-refractivity contribution is 0.286. The van der Waals surface area contributed by atoms with Gasteiger partial charge in [0.25, 0.3) is 0 Å². The molecule has 10 heteroatoms. The molecule has 2 aromatic carbocycles. The quantitative estimate of drug-likeness (QED) is 0.414. The van der Waals surface area contributed by atoms with Crippen LogP contribution in [-0.4, -0.2) is 54.0 Å². The highest BCUT2D eigenvalue weighted by Gasteiger charge is 2.34. The van der Waals surface area contributed by atoms with Crippen molar-refractivity contribution in [2.24, 2.45) is 11.8 Å². The summed E-state index contributed by atoms with van der Waals surface area (Å²) < 4.78 is 42.2. The summed E-state index contributed by atoms with van der Waals surface area (Å²) >= 11 is 1.68. The molecule has 1 aromatic heterocycles. The van der Waals surface area contributed by atoms with Crippen LogP contribution in [0.25, 0.3) is 5.69 Å². The normalized spacial score (nSPS) is 19.8. The molecule has 1 aliphatic carbocycles. The van der Waals surface area contributed by atoms with Crippen molar-refractivity contribution < 1.29 is 18.3 Å². The first-order chi connectivity index (χ1) is 17.4. The minimum atomic E-state index is -0.775. The number of benzene rings is 2. The van der Waals surface area contributed by atoms with Gasteiger partial charge in [-0.15, -0.1) is 0 Å². The van der Waals surface area contributed by atoms with Gasteiger partial charge in [-0.3, -0.25) is 4.79 Å². The van der Waals surface area contributed by atoms with Gasteiger partial charge in [0.1, 0.15) is 23.1 Å². The van der Waals surface area contributed by atoms with Crippen molar-refractivity contribution in [3.05, 3.63) is 70.6 Å². The summed E-state index contributed by atoms with van der Waals surface area (Å²) in [6.07, 6.45) is 2.62. The van der Waals surface area contributed by atoms with E-state index in [0.29, 0.717) is 37.2 Å². The van der Waals surface area contributed by atoms with E-state index in [1.807, 2.05) is 24.3 Å². The van der Waals surface area contributed by atoms with Crippen LogP contribution < -0.4 is 19.9 Å². The predicted molar refractivity (Wildman–Crippen MR) is 135 cm³/mol. The number of hydrogen-bond donors (Lipinski definition) is 0. The van der Waals surface area contributed by atoms with Gasteiger partial charge in [-0.05, 0) is 66.6 Å². The molecule has 1 saturated carbocycles. The van der Waals surface area contributed by atoms with Crippen molar-refractivity contribution in [1.29, 1.82) is 0 Å². The van der Waals surface area contributed by atoms with Crippen molar-refractivity contribution >= 4 is 17.6 Å². The van der Waals surface area contributed by atoms with Crippen LogP contribution in [0, 0.1) is 23.5 Å². The molecule has 0 amide bonds. The van der Waals surface area contributed by atoms with Crippen LogP contribution in [0.2, 0.25) is 0 Å². The molecule has 5 rings (SSSR count). The van der Waals surface area contributed by atoms with Crippen LogP contribution >= 0.6 is 11.9 Å². The van der Waals surface area contributed by atoms with Gasteiger partial charge in [-0.1, -0.05) is 6.92 Å². The number of methoxy groups -OCH3 is 1. The van der Waals surface area contributed by atoms with E-state index in [1.54, 1.807) is 25.3 Å². The minimum absolute atomic E-state index is 0.0226. The molecule has 1 saturated heterocycles. The predicted octanol–water partition coefficient (Wildman–Crippen LogP) is 4.38. The zero-order valence-corrected chi connectivity index (χ0v) is 21.0. The largest absolute Gasteiger partial charge is 0.497 e. The van der Waals surface area contributed by atoms with Gasteiger partial charge in [-0.25, -0.2) is 13.1 Å². The number of hydrogen-bond acceptors (Lipinski definition) is 7. The maximum Gasteiger partial charge on any atom is 0.316 e. The number of piperazine rings is 1.